The molecule has 0 atom stereocenters. The van der Waals surface area contributed by atoms with Crippen molar-refractivity contribution in [2.75, 3.05) is 19.0 Å². The van der Waals surface area contributed by atoms with E-state index in [2.05, 4.69) is 5.32 Å². The van der Waals surface area contributed by atoms with E-state index >= 15 is 0 Å². The fourth-order valence-electron chi connectivity index (χ4n) is 2.91. The molecule has 0 unspecified atom stereocenters. The van der Waals surface area contributed by atoms with E-state index in [4.69, 9.17) is 27.9 Å². The number of carbonyl (C=O) groups is 1. The highest BCUT2D eigenvalue weighted by molar-refractivity contribution is 7.89. The van der Waals surface area contributed by atoms with Crippen molar-refractivity contribution in [2.24, 2.45) is 0 Å². The minimum absolute atomic E-state index is 0.0742. The average Bonchev–Trinajstić information content (AvgIpc) is 2.76. The Kier molecular flexibility index (Phi) is 7.56. The minimum Gasteiger partial charge on any atom is -0.495 e. The van der Waals surface area contributed by atoms with Gasteiger partial charge in [-0.1, -0.05) is 59.6 Å². The second-order valence-electron chi connectivity index (χ2n) is 6.57. The van der Waals surface area contributed by atoms with Crippen LogP contribution >= 0.6 is 23.2 Å². The number of anilines is 1. The molecule has 31 heavy (non-hydrogen) atoms. The molecule has 0 heterocycles. The summed E-state index contributed by atoms with van der Waals surface area (Å²) in [6.07, 6.45) is 0. The van der Waals surface area contributed by atoms with E-state index in [9.17, 15) is 13.2 Å². The third-order valence-corrected chi connectivity index (χ3v) is 6.84. The maximum absolute atomic E-state index is 13.3. The van der Waals surface area contributed by atoms with Gasteiger partial charge in [0.2, 0.25) is 15.9 Å². The van der Waals surface area contributed by atoms with Crippen molar-refractivity contribution in [2.45, 2.75) is 11.4 Å². The number of carbonyl (C=O) groups excluding carboxylic acids is 1. The van der Waals surface area contributed by atoms with Gasteiger partial charge in [0, 0.05) is 16.6 Å². The number of ether oxygens (including phenoxy) is 1. The summed E-state index contributed by atoms with van der Waals surface area (Å²) in [5.74, 6) is -0.0526. The van der Waals surface area contributed by atoms with E-state index in [1.807, 2.05) is 0 Å². The summed E-state index contributed by atoms with van der Waals surface area (Å²) in [4.78, 5) is 12.8. The van der Waals surface area contributed by atoms with Crippen molar-refractivity contribution in [3.05, 3.63) is 88.4 Å². The van der Waals surface area contributed by atoms with E-state index in [1.165, 1.54) is 25.3 Å². The highest BCUT2D eigenvalue weighted by Gasteiger charge is 2.27. The second kappa shape index (κ2) is 10.2. The molecule has 0 aliphatic heterocycles. The zero-order valence-electron chi connectivity index (χ0n) is 16.6. The molecule has 0 fully saturated rings. The number of sulfonamides is 1. The lowest BCUT2D eigenvalue weighted by Gasteiger charge is -2.23. The number of amides is 1. The van der Waals surface area contributed by atoms with Crippen LogP contribution in [0.15, 0.2) is 77.7 Å². The first kappa shape index (κ1) is 23.1. The summed E-state index contributed by atoms with van der Waals surface area (Å²) in [6.45, 7) is -0.527. The maximum Gasteiger partial charge on any atom is 0.243 e. The molecule has 0 aliphatic carbocycles. The molecule has 0 bridgehead atoms. The molecule has 9 heteroatoms. The van der Waals surface area contributed by atoms with Crippen LogP contribution in [0.5, 0.6) is 5.75 Å². The summed E-state index contributed by atoms with van der Waals surface area (Å²) >= 11 is 12.2. The number of hydrogen-bond acceptors (Lipinski definition) is 4. The van der Waals surface area contributed by atoms with Gasteiger partial charge in [-0.3, -0.25) is 4.79 Å². The Bertz CT molecular complexity index is 1170. The first-order valence-corrected chi connectivity index (χ1v) is 11.4. The van der Waals surface area contributed by atoms with Crippen LogP contribution in [-0.4, -0.2) is 32.3 Å². The number of nitrogens with zero attached hydrogens (tertiary/aromatic N) is 1. The molecule has 0 spiro atoms. The van der Waals surface area contributed by atoms with Crippen LogP contribution in [0, 0.1) is 0 Å². The zero-order chi connectivity index (χ0) is 22.4. The number of halogens is 2. The first-order valence-electron chi connectivity index (χ1n) is 9.23. The van der Waals surface area contributed by atoms with Crippen LogP contribution in [0.2, 0.25) is 10.0 Å². The highest BCUT2D eigenvalue weighted by Crippen LogP contribution is 2.26. The van der Waals surface area contributed by atoms with Crippen LogP contribution in [0.3, 0.4) is 0 Å². The quantitative estimate of drug-likeness (QED) is 0.502. The van der Waals surface area contributed by atoms with Gasteiger partial charge in [-0.25, -0.2) is 8.42 Å². The zero-order valence-corrected chi connectivity index (χ0v) is 18.9. The smallest absolute Gasteiger partial charge is 0.243 e. The lowest BCUT2D eigenvalue weighted by molar-refractivity contribution is -0.116. The largest absolute Gasteiger partial charge is 0.495 e. The molecule has 0 saturated carbocycles. The fraction of sp³-hybridized carbons (Fsp3) is 0.136. The molecule has 0 saturated heterocycles. The van der Waals surface area contributed by atoms with Crippen molar-refractivity contribution in [1.82, 2.24) is 4.31 Å². The molecular weight excluding hydrogens is 459 g/mol. The lowest BCUT2D eigenvalue weighted by atomic mass is 10.2. The summed E-state index contributed by atoms with van der Waals surface area (Å²) in [5, 5.41) is 3.44. The summed E-state index contributed by atoms with van der Waals surface area (Å²) < 4.78 is 32.9. The first-order chi connectivity index (χ1) is 14.8. The highest BCUT2D eigenvalue weighted by atomic mass is 35.5. The molecule has 1 amide bonds. The van der Waals surface area contributed by atoms with Gasteiger partial charge in [0.05, 0.1) is 24.2 Å². The average molecular weight is 479 g/mol. The third-order valence-electron chi connectivity index (χ3n) is 4.44. The number of benzene rings is 3. The van der Waals surface area contributed by atoms with Crippen molar-refractivity contribution < 1.29 is 17.9 Å². The molecule has 0 radical (unpaired) electrons. The van der Waals surface area contributed by atoms with Crippen molar-refractivity contribution in [3.63, 3.8) is 0 Å². The summed E-state index contributed by atoms with van der Waals surface area (Å²) in [5.41, 5.74) is 0.965. The van der Waals surface area contributed by atoms with Gasteiger partial charge in [0.1, 0.15) is 5.75 Å². The maximum atomic E-state index is 13.3. The molecule has 0 aliphatic rings. The fourth-order valence-corrected chi connectivity index (χ4v) is 4.77. The predicted octanol–water partition coefficient (Wildman–Crippen LogP) is 4.83. The Morgan fingerprint density at radius 3 is 2.35 bits per heavy atom. The van der Waals surface area contributed by atoms with Gasteiger partial charge < -0.3 is 10.1 Å². The monoisotopic (exact) mass is 478 g/mol. The van der Waals surface area contributed by atoms with Crippen molar-refractivity contribution in [3.8, 4) is 5.75 Å². The van der Waals surface area contributed by atoms with Crippen LogP contribution in [0.1, 0.15) is 5.56 Å². The van der Waals surface area contributed by atoms with E-state index < -0.39 is 22.5 Å². The van der Waals surface area contributed by atoms with Crippen LogP contribution in [-0.2, 0) is 21.4 Å². The number of methoxy groups -OCH3 is 1. The SMILES string of the molecule is COc1ccccc1NC(=O)CN(Cc1ccc(Cl)cc1Cl)S(=O)(=O)c1ccccc1. The Hall–Kier alpha value is -2.58. The van der Waals surface area contributed by atoms with E-state index in [1.54, 1.807) is 54.6 Å². The topological polar surface area (TPSA) is 75.7 Å². The molecule has 6 nitrogen and oxygen atoms in total. The number of nitrogens with one attached hydrogen (secondary N) is 1. The second-order valence-corrected chi connectivity index (χ2v) is 9.35. The number of para-hydroxylation sites is 2. The van der Waals surface area contributed by atoms with Crippen LogP contribution in [0.4, 0.5) is 5.69 Å². The van der Waals surface area contributed by atoms with E-state index in [-0.39, 0.29) is 11.4 Å². The summed E-state index contributed by atoms with van der Waals surface area (Å²) in [7, 11) is -2.49. The minimum atomic E-state index is -3.98. The Morgan fingerprint density at radius 1 is 1.00 bits per heavy atom. The Morgan fingerprint density at radius 2 is 1.68 bits per heavy atom. The Labute approximate surface area is 191 Å². The Balaban J connectivity index is 1.91. The standard InChI is InChI=1S/C22H20Cl2N2O4S/c1-30-21-10-6-5-9-20(21)25-22(27)15-26(14-16-11-12-17(23)13-19(16)24)31(28,29)18-7-3-2-4-8-18/h2-13H,14-15H2,1H3,(H,25,27). The van der Waals surface area contributed by atoms with Gasteiger partial charge in [0.25, 0.3) is 0 Å². The van der Waals surface area contributed by atoms with Gasteiger partial charge >= 0.3 is 0 Å². The molecule has 3 aromatic carbocycles. The molecule has 1 N–H and O–H groups in total. The molecule has 3 aromatic rings. The number of hydrogen-bond donors (Lipinski definition) is 1. The molecule has 0 aromatic heterocycles. The van der Waals surface area contributed by atoms with E-state index in [0.717, 1.165) is 4.31 Å². The van der Waals surface area contributed by atoms with Crippen molar-refractivity contribution >= 4 is 44.8 Å². The molecule has 3 rings (SSSR count). The van der Waals surface area contributed by atoms with Gasteiger partial charge in [-0.15, -0.1) is 0 Å². The lowest BCUT2D eigenvalue weighted by Crippen LogP contribution is -2.37. The molecular formula is C22H20Cl2N2O4S. The number of rotatable bonds is 8. The summed E-state index contributed by atoms with van der Waals surface area (Å²) in [6, 6.07) is 19.6. The van der Waals surface area contributed by atoms with Gasteiger partial charge in [0.15, 0.2) is 0 Å². The predicted molar refractivity (Wildman–Crippen MR) is 122 cm³/mol. The normalized spacial score (nSPS) is 11.4. The third kappa shape index (κ3) is 5.77. The van der Waals surface area contributed by atoms with Gasteiger partial charge in [-0.2, -0.15) is 4.31 Å². The van der Waals surface area contributed by atoms with Crippen LogP contribution < -0.4 is 10.1 Å². The van der Waals surface area contributed by atoms with E-state index in [0.29, 0.717) is 27.0 Å². The molecule has 162 valence electrons. The van der Waals surface area contributed by atoms with Crippen LogP contribution in [0.25, 0.3) is 0 Å². The van der Waals surface area contributed by atoms with Crippen molar-refractivity contribution in [1.29, 1.82) is 0 Å². The van der Waals surface area contributed by atoms with Gasteiger partial charge in [-0.05, 0) is 42.0 Å².